The molecule has 2 aromatic carbocycles. The number of hydrogen-bond acceptors (Lipinski definition) is 5. The first kappa shape index (κ1) is 22.3. The third-order valence-electron chi connectivity index (χ3n) is 5.96. The van der Waals surface area contributed by atoms with Gasteiger partial charge < -0.3 is 9.64 Å². The number of nitrogens with zero attached hydrogens (tertiary/aromatic N) is 4. The standard InChI is InChI=1S/C24H21Cl3N4O2/c1-2-33-23(32)15-8-10-30(11-9-15)24-28-19-12-17(26)18(27)13-20(19)31(24)21-7-6-14-4-3-5-16(25)22(14)29-21/h3-7,12-13,15H,2,8-11H2,1H3. The molecule has 1 saturated heterocycles. The Morgan fingerprint density at radius 2 is 1.79 bits per heavy atom. The van der Waals surface area contributed by atoms with Crippen LogP contribution in [0.5, 0.6) is 0 Å². The zero-order valence-corrected chi connectivity index (χ0v) is 20.2. The molecule has 6 nitrogen and oxygen atoms in total. The average Bonchev–Trinajstić information content (AvgIpc) is 3.18. The molecular formula is C24H21Cl3N4O2. The van der Waals surface area contributed by atoms with Gasteiger partial charge in [-0.1, -0.05) is 46.9 Å². The summed E-state index contributed by atoms with van der Waals surface area (Å²) in [5, 5.41) is 2.41. The largest absolute Gasteiger partial charge is 0.466 e. The van der Waals surface area contributed by atoms with E-state index in [1.54, 1.807) is 12.1 Å². The van der Waals surface area contributed by atoms with Gasteiger partial charge in [-0.05, 0) is 50.1 Å². The van der Waals surface area contributed by atoms with Crippen molar-refractivity contribution in [3.05, 3.63) is 57.5 Å². The number of imidazole rings is 1. The average molecular weight is 504 g/mol. The van der Waals surface area contributed by atoms with Crippen LogP contribution in [-0.2, 0) is 9.53 Å². The van der Waals surface area contributed by atoms with Crippen LogP contribution in [0, 0.1) is 5.92 Å². The second-order valence-electron chi connectivity index (χ2n) is 8.00. The van der Waals surface area contributed by atoms with Gasteiger partial charge in [-0.2, -0.15) is 0 Å². The van der Waals surface area contributed by atoms with E-state index in [1.807, 2.05) is 41.8 Å². The van der Waals surface area contributed by atoms with Crippen LogP contribution in [0.4, 0.5) is 5.95 Å². The molecule has 33 heavy (non-hydrogen) atoms. The third-order valence-corrected chi connectivity index (χ3v) is 6.99. The molecule has 170 valence electrons. The highest BCUT2D eigenvalue weighted by atomic mass is 35.5. The Morgan fingerprint density at radius 3 is 2.55 bits per heavy atom. The van der Waals surface area contributed by atoms with Gasteiger partial charge in [0, 0.05) is 18.5 Å². The number of ether oxygens (including phenoxy) is 1. The first-order valence-corrected chi connectivity index (χ1v) is 11.9. The lowest BCUT2D eigenvalue weighted by atomic mass is 9.97. The molecule has 0 spiro atoms. The fourth-order valence-electron chi connectivity index (χ4n) is 4.30. The van der Waals surface area contributed by atoms with E-state index in [4.69, 9.17) is 49.5 Å². The molecule has 1 fully saturated rings. The van der Waals surface area contributed by atoms with Crippen LogP contribution in [-0.4, -0.2) is 40.2 Å². The summed E-state index contributed by atoms with van der Waals surface area (Å²) in [7, 11) is 0. The summed E-state index contributed by atoms with van der Waals surface area (Å²) in [5.41, 5.74) is 2.23. The smallest absolute Gasteiger partial charge is 0.309 e. The number of carbonyl (C=O) groups excluding carboxylic acids is 1. The van der Waals surface area contributed by atoms with Crippen molar-refractivity contribution in [2.24, 2.45) is 5.92 Å². The lowest BCUT2D eigenvalue weighted by Crippen LogP contribution is -2.38. The van der Waals surface area contributed by atoms with Crippen LogP contribution in [0.2, 0.25) is 15.1 Å². The number of para-hydroxylation sites is 1. The summed E-state index contributed by atoms with van der Waals surface area (Å²) in [5.74, 6) is 1.18. The maximum atomic E-state index is 12.2. The summed E-state index contributed by atoms with van der Waals surface area (Å²) in [6, 6.07) is 13.2. The second kappa shape index (κ2) is 9.01. The molecule has 1 aliphatic heterocycles. The van der Waals surface area contributed by atoms with Crippen molar-refractivity contribution in [2.45, 2.75) is 19.8 Å². The molecule has 0 bridgehead atoms. The van der Waals surface area contributed by atoms with Crippen molar-refractivity contribution in [1.82, 2.24) is 14.5 Å². The number of pyridine rings is 1. The van der Waals surface area contributed by atoms with Gasteiger partial charge in [0.05, 0.1) is 44.1 Å². The molecule has 0 saturated carbocycles. The van der Waals surface area contributed by atoms with Crippen molar-refractivity contribution in [2.75, 3.05) is 24.6 Å². The Hall–Kier alpha value is -2.54. The summed E-state index contributed by atoms with van der Waals surface area (Å²) in [6.07, 6.45) is 1.39. The fraction of sp³-hybridized carbons (Fsp3) is 0.292. The summed E-state index contributed by atoms with van der Waals surface area (Å²) < 4.78 is 7.19. The molecule has 0 amide bonds. The third kappa shape index (κ3) is 4.12. The normalized spacial score (nSPS) is 14.8. The van der Waals surface area contributed by atoms with E-state index in [9.17, 15) is 4.79 Å². The van der Waals surface area contributed by atoms with E-state index < -0.39 is 0 Å². The highest BCUT2D eigenvalue weighted by Gasteiger charge is 2.29. The molecule has 4 aromatic rings. The Balaban J connectivity index is 1.61. The van der Waals surface area contributed by atoms with Crippen molar-refractivity contribution in [1.29, 1.82) is 0 Å². The van der Waals surface area contributed by atoms with Gasteiger partial charge >= 0.3 is 5.97 Å². The van der Waals surface area contributed by atoms with Crippen molar-refractivity contribution in [3.8, 4) is 5.82 Å². The van der Waals surface area contributed by atoms with E-state index in [2.05, 4.69) is 4.90 Å². The summed E-state index contributed by atoms with van der Waals surface area (Å²) in [4.78, 5) is 24.1. The van der Waals surface area contributed by atoms with E-state index >= 15 is 0 Å². The monoisotopic (exact) mass is 502 g/mol. The van der Waals surface area contributed by atoms with Gasteiger partial charge in [0.1, 0.15) is 5.82 Å². The number of aromatic nitrogens is 3. The lowest BCUT2D eigenvalue weighted by molar-refractivity contribution is -0.148. The van der Waals surface area contributed by atoms with Crippen LogP contribution >= 0.6 is 34.8 Å². The van der Waals surface area contributed by atoms with Crippen LogP contribution < -0.4 is 4.90 Å². The number of halogens is 3. The number of hydrogen-bond donors (Lipinski definition) is 0. The zero-order valence-electron chi connectivity index (χ0n) is 17.9. The Labute approximate surface area is 206 Å². The number of fused-ring (bicyclic) bond motifs is 2. The Morgan fingerprint density at radius 1 is 1.03 bits per heavy atom. The maximum absolute atomic E-state index is 12.2. The molecule has 0 atom stereocenters. The van der Waals surface area contributed by atoms with Crippen molar-refractivity contribution in [3.63, 3.8) is 0 Å². The van der Waals surface area contributed by atoms with E-state index in [-0.39, 0.29) is 11.9 Å². The predicted octanol–water partition coefficient (Wildman–Crippen LogP) is 6.31. The van der Waals surface area contributed by atoms with Gasteiger partial charge in [0.25, 0.3) is 0 Å². The number of benzene rings is 2. The molecule has 3 heterocycles. The van der Waals surface area contributed by atoms with Crippen molar-refractivity contribution < 1.29 is 9.53 Å². The quantitative estimate of drug-likeness (QED) is 0.305. The molecule has 0 N–H and O–H groups in total. The molecular weight excluding hydrogens is 483 g/mol. The van der Waals surface area contributed by atoms with Crippen LogP contribution in [0.1, 0.15) is 19.8 Å². The molecule has 0 radical (unpaired) electrons. The maximum Gasteiger partial charge on any atom is 0.309 e. The highest BCUT2D eigenvalue weighted by molar-refractivity contribution is 6.42. The van der Waals surface area contributed by atoms with Gasteiger partial charge in [0.2, 0.25) is 5.95 Å². The Bertz CT molecular complexity index is 1360. The summed E-state index contributed by atoms with van der Waals surface area (Å²) >= 11 is 19.1. The number of anilines is 1. The minimum absolute atomic E-state index is 0.0967. The van der Waals surface area contributed by atoms with E-state index in [0.29, 0.717) is 64.5 Å². The minimum Gasteiger partial charge on any atom is -0.466 e. The SMILES string of the molecule is CCOC(=O)C1CCN(c2nc3cc(Cl)c(Cl)cc3n2-c2ccc3cccc(Cl)c3n2)CC1. The molecule has 1 aliphatic rings. The van der Waals surface area contributed by atoms with E-state index in [1.165, 1.54) is 0 Å². The van der Waals surface area contributed by atoms with Crippen LogP contribution in [0.3, 0.4) is 0 Å². The van der Waals surface area contributed by atoms with Gasteiger partial charge in [-0.15, -0.1) is 0 Å². The van der Waals surface area contributed by atoms with Gasteiger partial charge in [-0.25, -0.2) is 9.97 Å². The van der Waals surface area contributed by atoms with Crippen LogP contribution in [0.15, 0.2) is 42.5 Å². The molecule has 2 aromatic heterocycles. The van der Waals surface area contributed by atoms with Crippen molar-refractivity contribution >= 4 is 68.7 Å². The minimum atomic E-state index is -0.130. The molecule has 0 unspecified atom stereocenters. The summed E-state index contributed by atoms with van der Waals surface area (Å²) in [6.45, 7) is 3.56. The zero-order chi connectivity index (χ0) is 23.1. The number of rotatable bonds is 4. The number of esters is 1. The van der Waals surface area contributed by atoms with E-state index in [0.717, 1.165) is 16.9 Å². The topological polar surface area (TPSA) is 60.2 Å². The first-order valence-electron chi connectivity index (χ1n) is 10.8. The molecule has 5 rings (SSSR count). The number of carbonyl (C=O) groups is 1. The molecule has 0 aliphatic carbocycles. The number of piperidine rings is 1. The first-order chi connectivity index (χ1) is 16.0. The molecule has 9 heteroatoms. The lowest BCUT2D eigenvalue weighted by Gasteiger charge is -2.31. The Kier molecular flexibility index (Phi) is 6.08. The van der Waals surface area contributed by atoms with Gasteiger partial charge in [-0.3, -0.25) is 9.36 Å². The predicted molar refractivity (Wildman–Crippen MR) is 133 cm³/mol. The van der Waals surface area contributed by atoms with Gasteiger partial charge in [0.15, 0.2) is 0 Å². The van der Waals surface area contributed by atoms with Crippen LogP contribution in [0.25, 0.3) is 27.8 Å². The fourth-order valence-corrected chi connectivity index (χ4v) is 4.84. The second-order valence-corrected chi connectivity index (χ2v) is 9.22. The highest BCUT2D eigenvalue weighted by Crippen LogP contribution is 2.35.